The summed E-state index contributed by atoms with van der Waals surface area (Å²) in [5.41, 5.74) is 2.75. The molecular formula is C26H23F2N3O4. The molecule has 0 radical (unpaired) electrons. The van der Waals surface area contributed by atoms with Gasteiger partial charge < -0.3 is 10.1 Å². The first kappa shape index (κ1) is 24.1. The summed E-state index contributed by atoms with van der Waals surface area (Å²) in [5, 5.41) is 15.4. The van der Waals surface area contributed by atoms with E-state index < -0.39 is 22.5 Å². The van der Waals surface area contributed by atoms with Crippen molar-refractivity contribution in [3.63, 3.8) is 0 Å². The van der Waals surface area contributed by atoms with Gasteiger partial charge in [-0.1, -0.05) is 30.3 Å². The number of anilines is 3. The van der Waals surface area contributed by atoms with E-state index in [1.807, 2.05) is 37.3 Å². The standard InChI is InChI=1S/C26H23F2N3O4/c1-14(16-8-11-20(27)21(28)13-16)29-22(15-6-9-19(35-2)10-7-15)17-4-3-5-18(12-17)30-23-24(31-34)26(33)25(23)32/h3-14,22,29-31,34H,1-2H3/t14-,22?/m1/s1. The quantitative estimate of drug-likeness (QED) is 0.206. The van der Waals surface area contributed by atoms with Gasteiger partial charge in [-0.2, -0.15) is 0 Å². The summed E-state index contributed by atoms with van der Waals surface area (Å²) in [6.45, 7) is 1.84. The molecule has 0 bridgehead atoms. The first-order chi connectivity index (χ1) is 16.8. The fraction of sp³-hybridized carbons (Fsp3) is 0.154. The lowest BCUT2D eigenvalue weighted by Crippen LogP contribution is -2.36. The largest absolute Gasteiger partial charge is 0.497 e. The maximum Gasteiger partial charge on any atom is 0.255 e. The summed E-state index contributed by atoms with van der Waals surface area (Å²) in [6.07, 6.45) is 0. The van der Waals surface area contributed by atoms with Gasteiger partial charge in [0.1, 0.15) is 17.1 Å². The van der Waals surface area contributed by atoms with Gasteiger partial charge in [0.2, 0.25) is 0 Å². The Morgan fingerprint density at radius 2 is 1.51 bits per heavy atom. The molecule has 4 aromatic carbocycles. The molecule has 0 aromatic heterocycles. The summed E-state index contributed by atoms with van der Waals surface area (Å²) in [5.74, 6) is -1.16. The fourth-order valence-corrected chi connectivity index (χ4v) is 3.87. The van der Waals surface area contributed by atoms with E-state index in [0.29, 0.717) is 17.0 Å². The monoisotopic (exact) mass is 479 g/mol. The van der Waals surface area contributed by atoms with Crippen molar-refractivity contribution in [2.75, 3.05) is 17.9 Å². The highest BCUT2D eigenvalue weighted by Gasteiger charge is 2.22. The summed E-state index contributed by atoms with van der Waals surface area (Å²) >= 11 is 0. The Labute approximate surface area is 199 Å². The Morgan fingerprint density at radius 1 is 0.829 bits per heavy atom. The SMILES string of the molecule is COc1ccc(C(N[C@H](C)c2ccc(F)c(F)c2)c2cccc(Nc3c(NO)c(=O)c3=O)c2)cc1. The predicted octanol–water partition coefficient (Wildman–Crippen LogP) is 4.55. The van der Waals surface area contributed by atoms with Crippen LogP contribution in [0.3, 0.4) is 0 Å². The van der Waals surface area contributed by atoms with Crippen molar-refractivity contribution in [3.05, 3.63) is 116 Å². The normalized spacial score (nSPS) is 12.8. The molecule has 4 rings (SSSR count). The van der Waals surface area contributed by atoms with Crippen molar-refractivity contribution in [3.8, 4) is 5.75 Å². The number of hydrogen-bond acceptors (Lipinski definition) is 7. The minimum atomic E-state index is -0.926. The summed E-state index contributed by atoms with van der Waals surface area (Å²) in [4.78, 5) is 23.5. The summed E-state index contributed by atoms with van der Waals surface area (Å²) in [6, 6.07) is 17.6. The minimum absolute atomic E-state index is 0.0289. The highest BCUT2D eigenvalue weighted by molar-refractivity contribution is 5.78. The van der Waals surface area contributed by atoms with Crippen LogP contribution in [0.2, 0.25) is 0 Å². The van der Waals surface area contributed by atoms with E-state index >= 15 is 0 Å². The molecule has 4 aromatic rings. The zero-order chi connectivity index (χ0) is 25.1. The lowest BCUT2D eigenvalue weighted by molar-refractivity contribution is 0.388. The van der Waals surface area contributed by atoms with Crippen LogP contribution in [0, 0.1) is 11.6 Å². The third-order valence-corrected chi connectivity index (χ3v) is 5.82. The molecule has 2 atom stereocenters. The van der Waals surface area contributed by atoms with Crippen molar-refractivity contribution < 1.29 is 18.7 Å². The number of halogens is 2. The number of rotatable bonds is 9. The first-order valence-corrected chi connectivity index (χ1v) is 10.8. The molecule has 0 aliphatic rings. The van der Waals surface area contributed by atoms with Crippen LogP contribution in [-0.2, 0) is 0 Å². The van der Waals surface area contributed by atoms with Crippen LogP contribution in [-0.4, -0.2) is 12.3 Å². The van der Waals surface area contributed by atoms with Crippen LogP contribution in [0.15, 0.2) is 76.3 Å². The van der Waals surface area contributed by atoms with Gasteiger partial charge >= 0.3 is 0 Å². The molecule has 0 saturated carbocycles. The van der Waals surface area contributed by atoms with E-state index in [-0.39, 0.29) is 23.5 Å². The summed E-state index contributed by atoms with van der Waals surface area (Å²) in [7, 11) is 1.57. The fourth-order valence-electron chi connectivity index (χ4n) is 3.87. The van der Waals surface area contributed by atoms with Gasteiger partial charge in [0, 0.05) is 11.7 Å². The van der Waals surface area contributed by atoms with Gasteiger partial charge in [-0.3, -0.25) is 25.6 Å². The second-order valence-electron chi connectivity index (χ2n) is 8.04. The van der Waals surface area contributed by atoms with Gasteiger partial charge in [-0.15, -0.1) is 0 Å². The Morgan fingerprint density at radius 3 is 2.17 bits per heavy atom. The molecule has 35 heavy (non-hydrogen) atoms. The van der Waals surface area contributed by atoms with E-state index in [9.17, 15) is 18.4 Å². The molecule has 0 amide bonds. The zero-order valence-electron chi connectivity index (χ0n) is 18.9. The molecule has 0 spiro atoms. The Balaban J connectivity index is 1.68. The molecule has 0 aliphatic heterocycles. The second-order valence-corrected chi connectivity index (χ2v) is 8.04. The molecule has 0 aliphatic carbocycles. The number of hydrogen-bond donors (Lipinski definition) is 4. The number of methoxy groups -OCH3 is 1. The lowest BCUT2D eigenvalue weighted by atomic mass is 9.96. The van der Waals surface area contributed by atoms with Crippen LogP contribution in [0.25, 0.3) is 0 Å². The number of benzene rings is 3. The molecule has 7 nitrogen and oxygen atoms in total. The predicted molar refractivity (Wildman–Crippen MR) is 129 cm³/mol. The Kier molecular flexibility index (Phi) is 6.90. The third-order valence-electron chi connectivity index (χ3n) is 5.82. The van der Waals surface area contributed by atoms with E-state index in [2.05, 4.69) is 10.6 Å². The molecule has 180 valence electrons. The van der Waals surface area contributed by atoms with Gasteiger partial charge in [-0.25, -0.2) is 8.78 Å². The van der Waals surface area contributed by atoms with Crippen LogP contribution in [0.4, 0.5) is 25.8 Å². The van der Waals surface area contributed by atoms with Crippen LogP contribution in [0.1, 0.15) is 35.7 Å². The highest BCUT2D eigenvalue weighted by Crippen LogP contribution is 2.30. The van der Waals surface area contributed by atoms with Crippen molar-refractivity contribution in [1.29, 1.82) is 0 Å². The Bertz CT molecular complexity index is 1420. The topological polar surface area (TPSA) is 99.7 Å². The van der Waals surface area contributed by atoms with Crippen LogP contribution >= 0.6 is 0 Å². The van der Waals surface area contributed by atoms with E-state index in [1.165, 1.54) is 6.07 Å². The van der Waals surface area contributed by atoms with Crippen molar-refractivity contribution in [2.24, 2.45) is 0 Å². The smallest absolute Gasteiger partial charge is 0.255 e. The van der Waals surface area contributed by atoms with E-state index in [1.54, 1.807) is 30.8 Å². The second kappa shape index (κ2) is 10.0. The average molecular weight is 479 g/mol. The summed E-state index contributed by atoms with van der Waals surface area (Å²) < 4.78 is 32.5. The maximum absolute atomic E-state index is 13.8. The molecule has 4 N–H and O–H groups in total. The third kappa shape index (κ3) is 4.91. The molecule has 0 fully saturated rings. The van der Waals surface area contributed by atoms with Gasteiger partial charge in [0.15, 0.2) is 11.6 Å². The van der Waals surface area contributed by atoms with Gasteiger partial charge in [-0.05, 0) is 60.0 Å². The lowest BCUT2D eigenvalue weighted by Gasteiger charge is -2.25. The molecule has 0 saturated heterocycles. The highest BCUT2D eigenvalue weighted by atomic mass is 19.2. The molecule has 9 heteroatoms. The Hall–Kier alpha value is -4.08. The zero-order valence-corrected chi connectivity index (χ0v) is 18.9. The average Bonchev–Trinajstić information content (AvgIpc) is 2.88. The minimum Gasteiger partial charge on any atom is -0.497 e. The molecular weight excluding hydrogens is 456 g/mol. The molecule has 1 unspecified atom stereocenters. The number of nitrogens with one attached hydrogen (secondary N) is 3. The van der Waals surface area contributed by atoms with Gasteiger partial charge in [0.05, 0.1) is 13.2 Å². The molecule has 0 heterocycles. The van der Waals surface area contributed by atoms with E-state index in [0.717, 1.165) is 23.3 Å². The first-order valence-electron chi connectivity index (χ1n) is 10.8. The number of ether oxygens (including phenoxy) is 1. The van der Waals surface area contributed by atoms with Crippen LogP contribution in [0.5, 0.6) is 5.75 Å². The van der Waals surface area contributed by atoms with Gasteiger partial charge in [0.25, 0.3) is 10.9 Å². The maximum atomic E-state index is 13.8. The van der Waals surface area contributed by atoms with E-state index in [4.69, 9.17) is 9.94 Å². The van der Waals surface area contributed by atoms with Crippen LogP contribution < -0.4 is 31.7 Å². The van der Waals surface area contributed by atoms with Crippen molar-refractivity contribution in [1.82, 2.24) is 5.32 Å². The van der Waals surface area contributed by atoms with Crippen molar-refractivity contribution in [2.45, 2.75) is 19.0 Å². The van der Waals surface area contributed by atoms with Crippen molar-refractivity contribution >= 4 is 17.1 Å².